The van der Waals surface area contributed by atoms with Gasteiger partial charge in [-0.05, 0) is 37.6 Å². The number of aromatic nitrogens is 2. The standard InChI is InChI=1S/C25H22N6O2S/c32-23(28-16-8-5-12-26-14-16)22-21-20-18(11-13-27-24(20)34-22)31(25(33)30-21)19-10-4-9-17(29-19)15-6-2-1-3-7-15/h1-4,6-7,9-11,13,16,26H,5,8,12,14H2,(H,28,32)(H,30,33). The van der Waals surface area contributed by atoms with Gasteiger partial charge in [0.05, 0.1) is 22.5 Å². The van der Waals surface area contributed by atoms with Crippen molar-refractivity contribution in [2.24, 2.45) is 0 Å². The molecule has 5 heterocycles. The minimum absolute atomic E-state index is 0.0757. The highest BCUT2D eigenvalue weighted by atomic mass is 32.1. The monoisotopic (exact) mass is 470 g/mol. The summed E-state index contributed by atoms with van der Waals surface area (Å²) in [7, 11) is 0. The van der Waals surface area contributed by atoms with Crippen LogP contribution in [0.15, 0.2) is 60.8 Å². The van der Waals surface area contributed by atoms with Crippen LogP contribution < -0.4 is 20.9 Å². The first-order chi connectivity index (χ1) is 16.7. The normalized spacial score (nSPS) is 17.5. The predicted octanol–water partition coefficient (Wildman–Crippen LogP) is 4.52. The molecule has 2 aliphatic heterocycles. The molecule has 0 aliphatic carbocycles. The minimum atomic E-state index is -0.357. The number of carbonyl (C=O) groups is 2. The van der Waals surface area contributed by atoms with Crippen molar-refractivity contribution < 1.29 is 9.59 Å². The number of anilines is 3. The molecule has 170 valence electrons. The van der Waals surface area contributed by atoms with E-state index in [9.17, 15) is 9.59 Å². The summed E-state index contributed by atoms with van der Waals surface area (Å²) in [4.78, 5) is 38.4. The highest BCUT2D eigenvalue weighted by Crippen LogP contribution is 2.45. The fourth-order valence-corrected chi connectivity index (χ4v) is 5.54. The molecule has 2 aliphatic rings. The number of piperidine rings is 1. The molecule has 0 saturated carbocycles. The molecule has 1 aromatic carbocycles. The second kappa shape index (κ2) is 8.51. The van der Waals surface area contributed by atoms with E-state index in [2.05, 4.69) is 20.9 Å². The van der Waals surface area contributed by atoms with Gasteiger partial charge in [-0.2, -0.15) is 0 Å². The summed E-state index contributed by atoms with van der Waals surface area (Å²) in [5.41, 5.74) is 2.92. The van der Waals surface area contributed by atoms with E-state index in [-0.39, 0.29) is 18.0 Å². The third-order valence-corrected chi connectivity index (χ3v) is 7.21. The lowest BCUT2D eigenvalue weighted by molar-refractivity contribution is 0.0935. The Bertz CT molecular complexity index is 1400. The van der Waals surface area contributed by atoms with Crippen LogP contribution >= 0.6 is 11.3 Å². The van der Waals surface area contributed by atoms with Gasteiger partial charge < -0.3 is 16.0 Å². The van der Waals surface area contributed by atoms with E-state index in [0.29, 0.717) is 26.9 Å². The Hall–Kier alpha value is -3.82. The lowest BCUT2D eigenvalue weighted by Gasteiger charge is -2.28. The summed E-state index contributed by atoms with van der Waals surface area (Å²) in [5.74, 6) is 0.318. The second-order valence-corrected chi connectivity index (χ2v) is 9.34. The van der Waals surface area contributed by atoms with E-state index in [1.165, 1.54) is 11.3 Å². The van der Waals surface area contributed by atoms with Gasteiger partial charge in [-0.1, -0.05) is 36.4 Å². The number of nitrogens with one attached hydrogen (secondary N) is 3. The van der Waals surface area contributed by atoms with E-state index < -0.39 is 0 Å². The Balaban J connectivity index is 1.40. The van der Waals surface area contributed by atoms with Crippen molar-refractivity contribution in [2.75, 3.05) is 23.3 Å². The molecule has 6 rings (SSSR count). The summed E-state index contributed by atoms with van der Waals surface area (Å²) in [5, 5.41) is 10.1. The lowest BCUT2D eigenvalue weighted by atomic mass is 10.1. The topological polar surface area (TPSA) is 99.2 Å². The summed E-state index contributed by atoms with van der Waals surface area (Å²) in [6.07, 6.45) is 3.63. The van der Waals surface area contributed by atoms with Gasteiger partial charge in [0.1, 0.15) is 15.5 Å². The van der Waals surface area contributed by atoms with Gasteiger partial charge >= 0.3 is 6.03 Å². The number of pyridine rings is 2. The van der Waals surface area contributed by atoms with Crippen molar-refractivity contribution in [1.29, 1.82) is 0 Å². The number of amides is 3. The largest absolute Gasteiger partial charge is 0.347 e. The molecule has 3 N–H and O–H groups in total. The third-order valence-electron chi connectivity index (χ3n) is 6.12. The van der Waals surface area contributed by atoms with Crippen LogP contribution in [0.4, 0.5) is 22.0 Å². The Morgan fingerprint density at radius 1 is 1.12 bits per heavy atom. The number of rotatable bonds is 4. The molecule has 4 aromatic rings. The molecule has 1 saturated heterocycles. The first kappa shape index (κ1) is 20.8. The van der Waals surface area contributed by atoms with Gasteiger partial charge in [0.15, 0.2) is 0 Å². The number of nitrogens with zero attached hydrogens (tertiary/aromatic N) is 3. The fourth-order valence-electron chi connectivity index (χ4n) is 4.52. The molecule has 9 heteroatoms. The molecule has 1 unspecified atom stereocenters. The smallest absolute Gasteiger partial charge is 0.332 e. The van der Waals surface area contributed by atoms with Gasteiger partial charge in [-0.15, -0.1) is 11.3 Å². The van der Waals surface area contributed by atoms with Crippen molar-refractivity contribution in [3.63, 3.8) is 0 Å². The second-order valence-electron chi connectivity index (χ2n) is 8.35. The van der Waals surface area contributed by atoms with Crippen LogP contribution in [-0.2, 0) is 0 Å². The van der Waals surface area contributed by atoms with Crippen molar-refractivity contribution in [2.45, 2.75) is 18.9 Å². The Kier molecular flexibility index (Phi) is 5.20. The number of benzene rings is 1. The van der Waals surface area contributed by atoms with E-state index in [1.54, 1.807) is 23.2 Å². The van der Waals surface area contributed by atoms with Crippen molar-refractivity contribution in [3.05, 3.63) is 65.7 Å². The van der Waals surface area contributed by atoms with Crippen LogP contribution in [0.2, 0.25) is 0 Å². The molecule has 1 fully saturated rings. The Morgan fingerprint density at radius 3 is 2.82 bits per heavy atom. The molecule has 0 radical (unpaired) electrons. The van der Waals surface area contributed by atoms with Gasteiger partial charge in [0, 0.05) is 24.3 Å². The van der Waals surface area contributed by atoms with Gasteiger partial charge in [-0.25, -0.2) is 19.7 Å². The number of hydrogen-bond donors (Lipinski definition) is 3. The predicted molar refractivity (Wildman–Crippen MR) is 134 cm³/mol. The molecule has 1 atom stereocenters. The van der Waals surface area contributed by atoms with Gasteiger partial charge in [0.25, 0.3) is 5.91 Å². The SMILES string of the molecule is O=C(NC1CCCNC1)c1sc2nccc3c2c1NC(=O)N3c1cccc(-c2ccccc2)n1. The summed E-state index contributed by atoms with van der Waals surface area (Å²) < 4.78 is 0. The summed E-state index contributed by atoms with van der Waals surface area (Å²) >= 11 is 1.29. The van der Waals surface area contributed by atoms with Crippen molar-refractivity contribution >= 4 is 50.7 Å². The van der Waals surface area contributed by atoms with Gasteiger partial charge in [0.2, 0.25) is 0 Å². The van der Waals surface area contributed by atoms with Crippen LogP contribution in [0.25, 0.3) is 21.5 Å². The average Bonchev–Trinajstić information content (AvgIpc) is 3.25. The fraction of sp³-hybridized carbons (Fsp3) is 0.200. The average molecular weight is 471 g/mol. The van der Waals surface area contributed by atoms with E-state index in [1.807, 2.05) is 42.5 Å². The first-order valence-corrected chi connectivity index (χ1v) is 12.1. The Labute approximate surface area is 200 Å². The summed E-state index contributed by atoms with van der Waals surface area (Å²) in [6.45, 7) is 1.72. The van der Waals surface area contributed by atoms with Crippen LogP contribution in [0, 0.1) is 0 Å². The molecule has 34 heavy (non-hydrogen) atoms. The van der Waals surface area contributed by atoms with Crippen LogP contribution in [0.5, 0.6) is 0 Å². The molecule has 0 spiro atoms. The first-order valence-electron chi connectivity index (χ1n) is 11.3. The maximum absolute atomic E-state index is 13.3. The van der Waals surface area contributed by atoms with Gasteiger partial charge in [-0.3, -0.25) is 4.79 Å². The third kappa shape index (κ3) is 3.59. The summed E-state index contributed by atoms with van der Waals surface area (Å²) in [6, 6.07) is 17.0. The highest BCUT2D eigenvalue weighted by Gasteiger charge is 2.33. The minimum Gasteiger partial charge on any atom is -0.347 e. The van der Waals surface area contributed by atoms with E-state index in [4.69, 9.17) is 4.98 Å². The number of thiophene rings is 1. The van der Waals surface area contributed by atoms with Crippen LogP contribution in [0.1, 0.15) is 22.5 Å². The highest BCUT2D eigenvalue weighted by molar-refractivity contribution is 7.21. The molecule has 0 bridgehead atoms. The zero-order chi connectivity index (χ0) is 23.1. The Morgan fingerprint density at radius 2 is 2.00 bits per heavy atom. The zero-order valence-electron chi connectivity index (χ0n) is 18.2. The molecular formula is C25H22N6O2S. The quantitative estimate of drug-likeness (QED) is 0.407. The van der Waals surface area contributed by atoms with Crippen LogP contribution in [0.3, 0.4) is 0 Å². The maximum atomic E-state index is 13.3. The van der Waals surface area contributed by atoms with E-state index >= 15 is 0 Å². The van der Waals surface area contributed by atoms with E-state index in [0.717, 1.165) is 42.6 Å². The van der Waals surface area contributed by atoms with Crippen molar-refractivity contribution in [3.8, 4) is 11.3 Å². The zero-order valence-corrected chi connectivity index (χ0v) is 19.1. The molecular weight excluding hydrogens is 448 g/mol. The molecule has 3 aromatic heterocycles. The maximum Gasteiger partial charge on any atom is 0.332 e. The number of hydrogen-bond acceptors (Lipinski definition) is 6. The number of carbonyl (C=O) groups excluding carboxylic acids is 2. The van der Waals surface area contributed by atoms with Crippen molar-refractivity contribution in [1.82, 2.24) is 20.6 Å². The van der Waals surface area contributed by atoms with Crippen LogP contribution in [-0.4, -0.2) is 41.0 Å². The molecule has 3 amide bonds. The number of urea groups is 1. The lowest BCUT2D eigenvalue weighted by Crippen LogP contribution is -2.45. The molecule has 8 nitrogen and oxygen atoms in total.